The van der Waals surface area contributed by atoms with E-state index in [2.05, 4.69) is 5.32 Å². The van der Waals surface area contributed by atoms with Crippen LogP contribution in [0.1, 0.15) is 44.2 Å². The van der Waals surface area contributed by atoms with Crippen LogP contribution in [0.15, 0.2) is 18.2 Å². The molecule has 1 aliphatic rings. The molecule has 3 N–H and O–H groups in total. The highest BCUT2D eigenvalue weighted by Crippen LogP contribution is 2.26. The molecule has 5 heteroatoms. The third-order valence-electron chi connectivity index (χ3n) is 4.04. The van der Waals surface area contributed by atoms with E-state index in [1.54, 1.807) is 0 Å². The summed E-state index contributed by atoms with van der Waals surface area (Å²) < 4.78 is 26.9. The Morgan fingerprint density at radius 3 is 2.55 bits per heavy atom. The van der Waals surface area contributed by atoms with Gasteiger partial charge < -0.3 is 11.1 Å². The first kappa shape index (κ1) is 14.9. The molecule has 1 aromatic rings. The lowest BCUT2D eigenvalue weighted by Gasteiger charge is -2.30. The van der Waals surface area contributed by atoms with E-state index in [1.165, 1.54) is 6.07 Å². The molecular formula is C15H20F2N2O. The highest BCUT2D eigenvalue weighted by atomic mass is 19.1. The number of benzene rings is 1. The minimum Gasteiger partial charge on any atom is -0.369 e. The molecule has 1 atom stereocenters. The van der Waals surface area contributed by atoms with Crippen LogP contribution in [0.2, 0.25) is 0 Å². The van der Waals surface area contributed by atoms with Crippen molar-refractivity contribution in [1.82, 2.24) is 5.32 Å². The standard InChI is InChI=1S/C15H20F2N2O/c1-9(13-8-11(16)4-7-14(13)17)19-12-5-2-10(3-6-12)15(18)20/h4,7-10,12,19H,2-3,5-6H2,1H3,(H2,18,20). The number of hydrogen-bond acceptors (Lipinski definition) is 2. The first-order chi connectivity index (χ1) is 9.47. The molecule has 0 radical (unpaired) electrons. The number of carbonyl (C=O) groups excluding carboxylic acids is 1. The molecule has 1 fully saturated rings. The zero-order valence-corrected chi connectivity index (χ0v) is 11.5. The van der Waals surface area contributed by atoms with Gasteiger partial charge in [0.2, 0.25) is 5.91 Å². The van der Waals surface area contributed by atoms with E-state index in [0.717, 1.165) is 37.8 Å². The molecule has 0 spiro atoms. The van der Waals surface area contributed by atoms with Gasteiger partial charge in [-0.05, 0) is 50.8 Å². The van der Waals surface area contributed by atoms with E-state index in [4.69, 9.17) is 5.73 Å². The summed E-state index contributed by atoms with van der Waals surface area (Å²) in [6, 6.07) is 3.43. The Labute approximate surface area is 117 Å². The second-order valence-electron chi connectivity index (χ2n) is 5.51. The Balaban J connectivity index is 1.94. The van der Waals surface area contributed by atoms with Gasteiger partial charge in [0.25, 0.3) is 0 Å². The van der Waals surface area contributed by atoms with Gasteiger partial charge in [-0.15, -0.1) is 0 Å². The lowest BCUT2D eigenvalue weighted by molar-refractivity contribution is -0.122. The van der Waals surface area contributed by atoms with Gasteiger partial charge >= 0.3 is 0 Å². The van der Waals surface area contributed by atoms with Crippen LogP contribution in [0.5, 0.6) is 0 Å². The van der Waals surface area contributed by atoms with Crippen molar-refractivity contribution in [3.63, 3.8) is 0 Å². The summed E-state index contributed by atoms with van der Waals surface area (Å²) >= 11 is 0. The molecule has 0 bridgehead atoms. The third-order valence-corrected chi connectivity index (χ3v) is 4.04. The van der Waals surface area contributed by atoms with Crippen LogP contribution in [0.4, 0.5) is 8.78 Å². The second kappa shape index (κ2) is 6.31. The molecule has 1 unspecified atom stereocenters. The predicted molar refractivity (Wildman–Crippen MR) is 72.8 cm³/mol. The Hall–Kier alpha value is -1.49. The van der Waals surface area contributed by atoms with Gasteiger partial charge in [0.15, 0.2) is 0 Å². The third kappa shape index (κ3) is 3.54. The van der Waals surface area contributed by atoms with Gasteiger partial charge in [0.1, 0.15) is 11.6 Å². The van der Waals surface area contributed by atoms with Gasteiger partial charge in [0.05, 0.1) is 0 Å². The summed E-state index contributed by atoms with van der Waals surface area (Å²) in [6.45, 7) is 1.82. The van der Waals surface area contributed by atoms with E-state index >= 15 is 0 Å². The quantitative estimate of drug-likeness (QED) is 0.892. The Morgan fingerprint density at radius 1 is 1.30 bits per heavy atom. The normalized spacial score (nSPS) is 24.4. The number of rotatable bonds is 4. The number of nitrogens with one attached hydrogen (secondary N) is 1. The maximum absolute atomic E-state index is 13.7. The van der Waals surface area contributed by atoms with Crippen LogP contribution in [-0.2, 0) is 4.79 Å². The topological polar surface area (TPSA) is 55.1 Å². The van der Waals surface area contributed by atoms with Crippen molar-refractivity contribution < 1.29 is 13.6 Å². The Kier molecular flexibility index (Phi) is 4.70. The first-order valence-electron chi connectivity index (χ1n) is 6.97. The molecule has 1 aliphatic carbocycles. The van der Waals surface area contributed by atoms with Crippen molar-refractivity contribution in [3.05, 3.63) is 35.4 Å². The van der Waals surface area contributed by atoms with Crippen LogP contribution in [0.25, 0.3) is 0 Å². The molecule has 20 heavy (non-hydrogen) atoms. The number of amides is 1. The minimum absolute atomic E-state index is 0.0470. The highest BCUT2D eigenvalue weighted by Gasteiger charge is 2.26. The van der Waals surface area contributed by atoms with Gasteiger partial charge in [0, 0.05) is 23.6 Å². The monoisotopic (exact) mass is 282 g/mol. The van der Waals surface area contributed by atoms with E-state index in [0.29, 0.717) is 5.56 Å². The van der Waals surface area contributed by atoms with Crippen molar-refractivity contribution in [2.24, 2.45) is 11.7 Å². The molecule has 2 rings (SSSR count). The largest absolute Gasteiger partial charge is 0.369 e. The summed E-state index contributed by atoms with van der Waals surface area (Å²) in [5.74, 6) is -1.13. The Morgan fingerprint density at radius 2 is 1.95 bits per heavy atom. The van der Waals surface area contributed by atoms with Crippen LogP contribution < -0.4 is 11.1 Å². The SMILES string of the molecule is CC(NC1CCC(C(N)=O)CC1)c1cc(F)ccc1F. The van der Waals surface area contributed by atoms with Gasteiger partial charge in [-0.1, -0.05) is 0 Å². The zero-order chi connectivity index (χ0) is 14.7. The van der Waals surface area contributed by atoms with Crippen molar-refractivity contribution in [3.8, 4) is 0 Å². The van der Waals surface area contributed by atoms with Crippen molar-refractivity contribution in [2.45, 2.75) is 44.7 Å². The number of carbonyl (C=O) groups is 1. The molecule has 3 nitrogen and oxygen atoms in total. The zero-order valence-electron chi connectivity index (χ0n) is 11.5. The van der Waals surface area contributed by atoms with Gasteiger partial charge in [-0.2, -0.15) is 0 Å². The number of halogens is 2. The molecule has 1 aromatic carbocycles. The lowest BCUT2D eigenvalue weighted by Crippen LogP contribution is -2.38. The fourth-order valence-electron chi connectivity index (χ4n) is 2.83. The summed E-state index contributed by atoms with van der Waals surface area (Å²) in [6.07, 6.45) is 3.17. The number of nitrogens with two attached hydrogens (primary N) is 1. The first-order valence-corrected chi connectivity index (χ1v) is 6.97. The molecule has 0 heterocycles. The maximum Gasteiger partial charge on any atom is 0.220 e. The maximum atomic E-state index is 13.7. The van der Waals surface area contributed by atoms with E-state index in [9.17, 15) is 13.6 Å². The fourth-order valence-corrected chi connectivity index (χ4v) is 2.83. The summed E-state index contributed by atoms with van der Waals surface area (Å²) in [5.41, 5.74) is 5.63. The molecule has 1 amide bonds. The van der Waals surface area contributed by atoms with Crippen LogP contribution >= 0.6 is 0 Å². The second-order valence-corrected chi connectivity index (χ2v) is 5.51. The molecule has 110 valence electrons. The number of hydrogen-bond donors (Lipinski definition) is 2. The summed E-state index contributed by atoms with van der Waals surface area (Å²) in [7, 11) is 0. The minimum atomic E-state index is -0.438. The van der Waals surface area contributed by atoms with Crippen LogP contribution in [0.3, 0.4) is 0 Å². The molecule has 0 saturated heterocycles. The fraction of sp³-hybridized carbons (Fsp3) is 0.533. The van der Waals surface area contributed by atoms with Gasteiger partial charge in [-0.3, -0.25) is 4.79 Å². The van der Waals surface area contributed by atoms with E-state index < -0.39 is 11.6 Å². The summed E-state index contributed by atoms with van der Waals surface area (Å²) in [4.78, 5) is 11.1. The van der Waals surface area contributed by atoms with E-state index in [-0.39, 0.29) is 23.9 Å². The molecule has 0 aliphatic heterocycles. The van der Waals surface area contributed by atoms with E-state index in [1.807, 2.05) is 6.92 Å². The van der Waals surface area contributed by atoms with Crippen molar-refractivity contribution in [2.75, 3.05) is 0 Å². The van der Waals surface area contributed by atoms with Crippen molar-refractivity contribution in [1.29, 1.82) is 0 Å². The molecule has 0 aromatic heterocycles. The average Bonchev–Trinajstić information content (AvgIpc) is 2.42. The lowest BCUT2D eigenvalue weighted by atomic mass is 9.85. The molecule has 1 saturated carbocycles. The molecular weight excluding hydrogens is 262 g/mol. The Bertz CT molecular complexity index is 485. The average molecular weight is 282 g/mol. The van der Waals surface area contributed by atoms with Gasteiger partial charge in [-0.25, -0.2) is 8.78 Å². The van der Waals surface area contributed by atoms with Crippen LogP contribution in [-0.4, -0.2) is 11.9 Å². The predicted octanol–water partition coefficient (Wildman–Crippen LogP) is 2.66. The summed E-state index contributed by atoms with van der Waals surface area (Å²) in [5, 5.41) is 3.30. The highest BCUT2D eigenvalue weighted by molar-refractivity contribution is 5.76. The van der Waals surface area contributed by atoms with Crippen LogP contribution in [0, 0.1) is 17.6 Å². The number of primary amides is 1. The van der Waals surface area contributed by atoms with Crippen molar-refractivity contribution >= 4 is 5.91 Å². The smallest absolute Gasteiger partial charge is 0.220 e.